The summed E-state index contributed by atoms with van der Waals surface area (Å²) in [4.78, 5) is 0. The molecule has 0 aliphatic carbocycles. The summed E-state index contributed by atoms with van der Waals surface area (Å²) in [7, 11) is 0. The predicted molar refractivity (Wildman–Crippen MR) is 48.9 cm³/mol. The largest absolute Gasteiger partial charge is 0.395 e. The summed E-state index contributed by atoms with van der Waals surface area (Å²) in [5, 5.41) is 48.3. The Balaban J connectivity index is 2.66. The van der Waals surface area contributed by atoms with E-state index in [2.05, 4.69) is 0 Å². The minimum atomic E-state index is -3.18. The van der Waals surface area contributed by atoms with E-state index in [1.807, 2.05) is 5.32 Å². The Kier molecular flexibility index (Phi) is 2.73. The third-order valence-corrected chi connectivity index (χ3v) is 2.20. The van der Waals surface area contributed by atoms with Gasteiger partial charge in [-0.05, 0) is 0 Å². The summed E-state index contributed by atoms with van der Waals surface area (Å²) in [6, 6.07) is 0. The van der Waals surface area contributed by atoms with Gasteiger partial charge in [0.1, 0.15) is 18.3 Å². The topological polar surface area (TPSA) is 122 Å². The Hall–Kier alpha value is -0.280. The zero-order valence-electron chi connectivity index (χ0n) is 11.8. The maximum Gasteiger partial charge on any atom is 0.219 e. The van der Waals surface area contributed by atoms with Crippen LogP contribution in [-0.4, -0.2) is 75.8 Å². The molecule has 15 heavy (non-hydrogen) atoms. The molecule has 0 spiro atoms. The van der Waals surface area contributed by atoms with E-state index in [9.17, 15) is 15.3 Å². The van der Waals surface area contributed by atoms with Crippen LogP contribution in [0.3, 0.4) is 0 Å². The molecule has 0 amide bonds. The molecule has 7 heteroatoms. The van der Waals surface area contributed by atoms with Crippen molar-refractivity contribution >= 4 is 0 Å². The van der Waals surface area contributed by atoms with E-state index in [1.165, 1.54) is 0 Å². The first-order chi connectivity index (χ1) is 8.44. The monoisotopic (exact) mass is 227 g/mol. The average molecular weight is 227 g/mol. The molecular formula is C8H17NO6. The lowest BCUT2D eigenvalue weighted by atomic mass is 10.1. The maximum atomic E-state index is 9.57. The molecule has 0 bridgehead atoms. The van der Waals surface area contributed by atoms with Crippen molar-refractivity contribution in [3.63, 3.8) is 0 Å². The molecule has 1 rings (SSSR count). The Morgan fingerprint density at radius 1 is 1.40 bits per heavy atom. The van der Waals surface area contributed by atoms with Gasteiger partial charge < -0.3 is 35.6 Å². The first kappa shape index (κ1) is 7.91. The Labute approximate surface area is 92.5 Å². The summed E-state index contributed by atoms with van der Waals surface area (Å²) in [6.07, 6.45) is -4.68. The number of aliphatic hydroxyl groups is 5. The van der Waals surface area contributed by atoms with E-state index in [4.69, 9.17) is 20.4 Å². The fraction of sp³-hybridized carbons (Fsp3) is 1.00. The first-order valence-corrected chi connectivity index (χ1v) is 4.29. The van der Waals surface area contributed by atoms with Gasteiger partial charge in [0.15, 0.2) is 0 Å². The minimum absolute atomic E-state index is 0.506. The second-order valence-corrected chi connectivity index (χ2v) is 3.21. The summed E-state index contributed by atoms with van der Waals surface area (Å²) in [5.74, 6) is -2.36. The van der Waals surface area contributed by atoms with E-state index >= 15 is 0 Å². The molecule has 1 saturated heterocycles. The van der Waals surface area contributed by atoms with Gasteiger partial charge in [0.2, 0.25) is 5.79 Å². The van der Waals surface area contributed by atoms with Gasteiger partial charge in [-0.15, -0.1) is 0 Å². The first-order valence-electron chi connectivity index (χ1n) is 6.29. The predicted octanol–water partition coefficient (Wildman–Crippen LogP) is -3.63. The van der Waals surface area contributed by atoms with Gasteiger partial charge >= 0.3 is 0 Å². The quantitative estimate of drug-likeness (QED) is 0.286. The number of hydrogen-bond acceptors (Lipinski definition) is 7. The third kappa shape index (κ3) is 2.64. The van der Waals surface area contributed by atoms with E-state index < -0.39 is 50.3 Å². The molecule has 90 valence electrons. The molecule has 0 aromatic carbocycles. The number of nitrogens with one attached hydrogen (secondary N) is 1. The molecule has 4 atom stereocenters. The van der Waals surface area contributed by atoms with Crippen LogP contribution < -0.4 is 5.32 Å². The van der Waals surface area contributed by atoms with Crippen molar-refractivity contribution in [2.45, 2.75) is 24.1 Å². The molecular weight excluding hydrogens is 206 g/mol. The van der Waals surface area contributed by atoms with Crippen LogP contribution in [0.15, 0.2) is 0 Å². The summed E-state index contributed by atoms with van der Waals surface area (Å²) >= 11 is 0. The van der Waals surface area contributed by atoms with Crippen LogP contribution >= 0.6 is 0 Å². The summed E-state index contributed by atoms with van der Waals surface area (Å²) in [6.45, 7) is -7.49. The lowest BCUT2D eigenvalue weighted by Gasteiger charge is -2.22. The highest BCUT2D eigenvalue weighted by Gasteiger charge is 2.52. The van der Waals surface area contributed by atoms with Crippen molar-refractivity contribution in [3.05, 3.63) is 0 Å². The number of ether oxygens (including phenoxy) is 1. The normalized spacial score (nSPS) is 46.9. The van der Waals surface area contributed by atoms with Crippen LogP contribution in [-0.2, 0) is 4.74 Å². The van der Waals surface area contributed by atoms with Gasteiger partial charge in [-0.2, -0.15) is 0 Å². The lowest BCUT2D eigenvalue weighted by molar-refractivity contribution is -0.245. The molecule has 6 N–H and O–H groups in total. The van der Waals surface area contributed by atoms with Crippen LogP contribution in [0, 0.1) is 0 Å². The summed E-state index contributed by atoms with van der Waals surface area (Å²) in [5.41, 5.74) is 0. The van der Waals surface area contributed by atoms with Crippen LogP contribution in [0.2, 0.25) is 0 Å². The molecule has 0 saturated carbocycles. The van der Waals surface area contributed by atoms with Crippen LogP contribution in [0.5, 0.6) is 0 Å². The number of rotatable bonds is 5. The van der Waals surface area contributed by atoms with Crippen molar-refractivity contribution in [2.24, 2.45) is 0 Å². The summed E-state index contributed by atoms with van der Waals surface area (Å²) < 4.78 is 33.0. The van der Waals surface area contributed by atoms with Crippen LogP contribution in [0.4, 0.5) is 0 Å². The molecule has 0 unspecified atom stereocenters. The highest BCUT2D eigenvalue weighted by Crippen LogP contribution is 2.28. The zero-order valence-corrected chi connectivity index (χ0v) is 7.79. The number of aliphatic hydroxyl groups excluding tert-OH is 3. The van der Waals surface area contributed by atoms with E-state index in [1.54, 1.807) is 0 Å². The van der Waals surface area contributed by atoms with E-state index in [0.29, 0.717) is 0 Å². The van der Waals surface area contributed by atoms with Crippen LogP contribution in [0.1, 0.15) is 5.48 Å². The van der Waals surface area contributed by atoms with Crippen LogP contribution in [0.25, 0.3) is 0 Å². The van der Waals surface area contributed by atoms with E-state index in [-0.39, 0.29) is 0 Å². The Morgan fingerprint density at radius 2 is 2.07 bits per heavy atom. The highest BCUT2D eigenvalue weighted by molar-refractivity contribution is 4.95. The fourth-order valence-corrected chi connectivity index (χ4v) is 1.36. The molecule has 0 aromatic heterocycles. The number of hydrogen-bond donors (Lipinski definition) is 6. The maximum absolute atomic E-state index is 9.57. The molecule has 1 aliphatic rings. The third-order valence-electron chi connectivity index (χ3n) is 2.20. The van der Waals surface area contributed by atoms with Crippen molar-refractivity contribution in [1.82, 2.24) is 5.32 Å². The van der Waals surface area contributed by atoms with Gasteiger partial charge in [-0.25, -0.2) is 0 Å². The lowest BCUT2D eigenvalue weighted by Crippen LogP contribution is -2.46. The van der Waals surface area contributed by atoms with Gasteiger partial charge in [0.25, 0.3) is 0 Å². The highest BCUT2D eigenvalue weighted by atomic mass is 16.7. The second kappa shape index (κ2) is 5.17. The molecule has 0 aromatic rings. The van der Waals surface area contributed by atoms with E-state index in [0.717, 1.165) is 0 Å². The SMILES string of the molecule is [2H]C([2H])(O)C([2H])([2H])NC[C@@H]1O[C@](O)(CO)[C@@H](O)[C@@H]1O. The van der Waals surface area contributed by atoms with Crippen molar-refractivity contribution in [2.75, 3.05) is 26.2 Å². The second-order valence-electron chi connectivity index (χ2n) is 3.21. The minimum Gasteiger partial charge on any atom is -0.395 e. The van der Waals surface area contributed by atoms with Crippen molar-refractivity contribution < 1.29 is 35.8 Å². The molecule has 1 aliphatic heterocycles. The molecule has 1 fully saturated rings. The van der Waals surface area contributed by atoms with Gasteiger partial charge in [-0.1, -0.05) is 0 Å². The zero-order chi connectivity index (χ0) is 15.1. The Bertz CT molecular complexity index is 327. The smallest absolute Gasteiger partial charge is 0.219 e. The Morgan fingerprint density at radius 3 is 2.53 bits per heavy atom. The van der Waals surface area contributed by atoms with Crippen molar-refractivity contribution in [3.8, 4) is 0 Å². The molecule has 0 radical (unpaired) electrons. The van der Waals surface area contributed by atoms with Crippen molar-refractivity contribution in [1.29, 1.82) is 0 Å². The molecule has 7 nitrogen and oxygen atoms in total. The van der Waals surface area contributed by atoms with Gasteiger partial charge in [-0.3, -0.25) is 0 Å². The van der Waals surface area contributed by atoms with Gasteiger partial charge in [0.05, 0.1) is 15.9 Å². The standard InChI is InChI=1S/C8H17NO6/c10-2-1-9-3-5-6(12)7(13)8(14,4-11)15-5/h5-7,9-14H,1-4H2/t5-,6+,7-,8+/m0/s1/i1D2,2D2. The average Bonchev–Trinajstić information content (AvgIpc) is 2.51. The van der Waals surface area contributed by atoms with Gasteiger partial charge in [0, 0.05) is 15.8 Å². The molecule has 1 heterocycles. The fourth-order valence-electron chi connectivity index (χ4n) is 1.36.